The van der Waals surface area contributed by atoms with E-state index in [1.54, 1.807) is 13.8 Å². The van der Waals surface area contributed by atoms with Crippen LogP contribution in [0.2, 0.25) is 0 Å². The van der Waals surface area contributed by atoms with Crippen LogP contribution < -0.4 is 4.72 Å². The van der Waals surface area contributed by atoms with Gasteiger partial charge < -0.3 is 5.11 Å². The molecule has 0 radical (unpaired) electrons. The van der Waals surface area contributed by atoms with E-state index < -0.39 is 10.0 Å². The Morgan fingerprint density at radius 3 is 2.81 bits per heavy atom. The summed E-state index contributed by atoms with van der Waals surface area (Å²) in [5.41, 5.74) is 0. The zero-order valence-corrected chi connectivity index (χ0v) is 10.9. The Hall–Kier alpha value is -0.500. The molecular formula is C9H16N2O3S2. The first-order valence-corrected chi connectivity index (χ1v) is 7.31. The Morgan fingerprint density at radius 1 is 1.62 bits per heavy atom. The molecule has 0 aliphatic carbocycles. The molecule has 1 rings (SSSR count). The van der Waals surface area contributed by atoms with Crippen molar-refractivity contribution in [3.05, 3.63) is 11.2 Å². The molecule has 1 aromatic heterocycles. The van der Waals surface area contributed by atoms with Crippen molar-refractivity contribution in [3.8, 4) is 0 Å². The monoisotopic (exact) mass is 264 g/mol. The van der Waals surface area contributed by atoms with Crippen LogP contribution in [0, 0.1) is 6.92 Å². The Kier molecular flexibility index (Phi) is 4.85. The van der Waals surface area contributed by atoms with E-state index in [4.69, 9.17) is 5.11 Å². The van der Waals surface area contributed by atoms with Crippen LogP contribution in [0.25, 0.3) is 0 Å². The molecule has 0 spiro atoms. The molecule has 0 aliphatic rings. The summed E-state index contributed by atoms with van der Waals surface area (Å²) < 4.78 is 26.4. The van der Waals surface area contributed by atoms with Gasteiger partial charge in [-0.2, -0.15) is 0 Å². The van der Waals surface area contributed by atoms with E-state index >= 15 is 0 Å². The quantitative estimate of drug-likeness (QED) is 0.800. The van der Waals surface area contributed by atoms with Crippen molar-refractivity contribution in [1.82, 2.24) is 9.71 Å². The highest BCUT2D eigenvalue weighted by Gasteiger charge is 2.19. The minimum Gasteiger partial charge on any atom is -0.396 e. The van der Waals surface area contributed by atoms with Gasteiger partial charge in [0.15, 0.2) is 4.21 Å². The van der Waals surface area contributed by atoms with E-state index in [1.165, 1.54) is 6.20 Å². The number of nitrogens with one attached hydrogen (secondary N) is 1. The first-order valence-electron chi connectivity index (χ1n) is 5.01. The van der Waals surface area contributed by atoms with Gasteiger partial charge in [-0.05, 0) is 26.7 Å². The van der Waals surface area contributed by atoms with E-state index in [0.29, 0.717) is 12.8 Å². The number of aliphatic hydroxyl groups excluding tert-OH is 1. The van der Waals surface area contributed by atoms with Crippen LogP contribution in [0.1, 0.15) is 24.8 Å². The van der Waals surface area contributed by atoms with Crippen LogP contribution in [-0.2, 0) is 10.0 Å². The van der Waals surface area contributed by atoms with Crippen molar-refractivity contribution in [3.63, 3.8) is 0 Å². The minimum absolute atomic E-state index is 0.0751. The first-order chi connectivity index (χ1) is 7.45. The highest BCUT2D eigenvalue weighted by Crippen LogP contribution is 2.18. The third-order valence-corrected chi connectivity index (χ3v) is 4.98. The van der Waals surface area contributed by atoms with Gasteiger partial charge in [-0.3, -0.25) is 0 Å². The van der Waals surface area contributed by atoms with Crippen LogP contribution in [0.5, 0.6) is 0 Å². The number of aryl methyl sites for hydroxylation is 1. The predicted octanol–water partition coefficient (Wildman–Crippen LogP) is 0.891. The maximum atomic E-state index is 11.8. The van der Waals surface area contributed by atoms with E-state index in [1.807, 2.05) is 0 Å². The van der Waals surface area contributed by atoms with Gasteiger partial charge in [0.25, 0.3) is 10.0 Å². The molecule has 0 aliphatic heterocycles. The van der Waals surface area contributed by atoms with E-state index in [0.717, 1.165) is 16.3 Å². The van der Waals surface area contributed by atoms with Gasteiger partial charge in [0.1, 0.15) is 0 Å². The summed E-state index contributed by atoms with van der Waals surface area (Å²) in [5, 5.41) is 9.37. The van der Waals surface area contributed by atoms with Gasteiger partial charge in [0, 0.05) is 12.6 Å². The summed E-state index contributed by atoms with van der Waals surface area (Å²) in [5.74, 6) is 0. The first kappa shape index (κ1) is 13.6. The fourth-order valence-corrected chi connectivity index (χ4v) is 3.65. The summed E-state index contributed by atoms with van der Waals surface area (Å²) in [4.78, 5) is 3.91. The zero-order valence-electron chi connectivity index (χ0n) is 9.30. The standard InChI is InChI=1S/C9H16N2O3S2/c1-7(4-3-5-12)11-16(13,14)9-6-10-8(2)15-9/h6-7,11-12H,3-5H2,1-2H3. The van der Waals surface area contributed by atoms with Gasteiger partial charge in [-0.1, -0.05) is 0 Å². The molecule has 0 fully saturated rings. The number of aromatic nitrogens is 1. The number of rotatable bonds is 6. The number of hydrogen-bond donors (Lipinski definition) is 2. The van der Waals surface area contributed by atoms with Crippen molar-refractivity contribution in [2.24, 2.45) is 0 Å². The Bertz CT molecular complexity index is 428. The van der Waals surface area contributed by atoms with Gasteiger partial charge in [-0.25, -0.2) is 18.1 Å². The van der Waals surface area contributed by atoms with E-state index in [-0.39, 0.29) is 16.9 Å². The highest BCUT2D eigenvalue weighted by atomic mass is 32.2. The molecule has 92 valence electrons. The molecule has 0 bridgehead atoms. The van der Waals surface area contributed by atoms with Gasteiger partial charge in [0.2, 0.25) is 0 Å². The SMILES string of the molecule is Cc1ncc(S(=O)(=O)NC(C)CCCO)s1. The van der Waals surface area contributed by atoms with E-state index in [9.17, 15) is 8.42 Å². The molecule has 0 aromatic carbocycles. The average molecular weight is 264 g/mol. The van der Waals surface area contributed by atoms with Crippen LogP contribution >= 0.6 is 11.3 Å². The van der Waals surface area contributed by atoms with E-state index in [2.05, 4.69) is 9.71 Å². The number of thiazole rings is 1. The molecule has 1 atom stereocenters. The lowest BCUT2D eigenvalue weighted by Crippen LogP contribution is -2.32. The minimum atomic E-state index is -3.44. The highest BCUT2D eigenvalue weighted by molar-refractivity contribution is 7.91. The summed E-state index contributed by atoms with van der Waals surface area (Å²) >= 11 is 1.15. The maximum absolute atomic E-state index is 11.8. The lowest BCUT2D eigenvalue weighted by atomic mass is 10.2. The lowest BCUT2D eigenvalue weighted by Gasteiger charge is -2.11. The Balaban J connectivity index is 2.65. The second kappa shape index (κ2) is 5.72. The summed E-state index contributed by atoms with van der Waals surface area (Å²) in [6.07, 6.45) is 2.57. The summed E-state index contributed by atoms with van der Waals surface area (Å²) in [7, 11) is -3.44. The van der Waals surface area contributed by atoms with Crippen LogP contribution in [0.3, 0.4) is 0 Å². The molecule has 2 N–H and O–H groups in total. The Labute approximate surface area is 99.6 Å². The summed E-state index contributed by atoms with van der Waals surface area (Å²) in [6, 6.07) is -0.181. The van der Waals surface area contributed by atoms with Crippen molar-refractivity contribution in [2.45, 2.75) is 36.9 Å². The van der Waals surface area contributed by atoms with Crippen LogP contribution in [-0.4, -0.2) is 31.2 Å². The zero-order chi connectivity index (χ0) is 12.2. The maximum Gasteiger partial charge on any atom is 0.251 e. The number of sulfonamides is 1. The Morgan fingerprint density at radius 2 is 2.31 bits per heavy atom. The van der Waals surface area contributed by atoms with Crippen molar-refractivity contribution >= 4 is 21.4 Å². The third kappa shape index (κ3) is 3.82. The predicted molar refractivity (Wildman–Crippen MR) is 63.0 cm³/mol. The number of hydrogen-bond acceptors (Lipinski definition) is 5. The van der Waals surface area contributed by atoms with Crippen LogP contribution in [0.4, 0.5) is 0 Å². The number of aliphatic hydroxyl groups is 1. The van der Waals surface area contributed by atoms with Crippen molar-refractivity contribution in [2.75, 3.05) is 6.61 Å². The molecule has 1 heterocycles. The van der Waals surface area contributed by atoms with Crippen LogP contribution in [0.15, 0.2) is 10.4 Å². The molecule has 7 heteroatoms. The third-order valence-electron chi connectivity index (χ3n) is 2.02. The molecule has 0 amide bonds. The average Bonchev–Trinajstić information content (AvgIpc) is 2.62. The molecule has 5 nitrogen and oxygen atoms in total. The van der Waals surface area contributed by atoms with Crippen molar-refractivity contribution < 1.29 is 13.5 Å². The molecule has 0 saturated heterocycles. The fraction of sp³-hybridized carbons (Fsp3) is 0.667. The summed E-state index contributed by atoms with van der Waals surface area (Å²) in [6.45, 7) is 3.62. The van der Waals surface area contributed by atoms with Gasteiger partial charge in [0.05, 0.1) is 11.2 Å². The van der Waals surface area contributed by atoms with Gasteiger partial charge >= 0.3 is 0 Å². The fourth-order valence-electron chi connectivity index (χ4n) is 1.25. The topological polar surface area (TPSA) is 79.3 Å². The second-order valence-corrected chi connectivity index (χ2v) is 6.76. The lowest BCUT2D eigenvalue weighted by molar-refractivity contribution is 0.279. The normalized spacial score (nSPS) is 13.9. The number of nitrogens with zero attached hydrogens (tertiary/aromatic N) is 1. The molecule has 0 saturated carbocycles. The van der Waals surface area contributed by atoms with Crippen molar-refractivity contribution in [1.29, 1.82) is 0 Å². The largest absolute Gasteiger partial charge is 0.396 e. The second-order valence-electron chi connectivity index (χ2n) is 3.59. The van der Waals surface area contributed by atoms with Gasteiger partial charge in [-0.15, -0.1) is 11.3 Å². The molecule has 1 unspecified atom stereocenters. The molecule has 16 heavy (non-hydrogen) atoms. The molecule has 1 aromatic rings. The smallest absolute Gasteiger partial charge is 0.251 e. The molecular weight excluding hydrogens is 248 g/mol.